The molecule has 280 valence electrons. The largest absolute Gasteiger partial charge is 0.497 e. The van der Waals surface area contributed by atoms with Crippen molar-refractivity contribution in [2.75, 3.05) is 56.8 Å². The normalized spacial score (nSPS) is 14.4. The van der Waals surface area contributed by atoms with Gasteiger partial charge in [0.1, 0.15) is 20.9 Å². The van der Waals surface area contributed by atoms with Gasteiger partial charge in [0, 0.05) is 41.5 Å². The maximum Gasteiger partial charge on any atom is 0.265 e. The number of allylic oxidation sites excluding steroid dienone is 2. The van der Waals surface area contributed by atoms with Crippen molar-refractivity contribution in [1.82, 2.24) is 4.90 Å². The fraction of sp³-hybridized carbons (Fsp3) is 0.457. The summed E-state index contributed by atoms with van der Waals surface area (Å²) in [6, 6.07) is 9.79. The SMILES string of the molecule is CCC(/C=C1\Sc2ccc(OC)cc2N1CCCS(=O)(=O)O)=C\c1sc2cc(OC)c3ccsc3c2[n+]1CCCS(=O)(=O)O.CCN(CC)CC. The summed E-state index contributed by atoms with van der Waals surface area (Å²) >= 11 is 4.75. The van der Waals surface area contributed by atoms with Crippen molar-refractivity contribution in [1.29, 1.82) is 0 Å². The fourth-order valence-corrected chi connectivity index (χ4v) is 10.1. The monoisotopic (exact) mass is 798 g/mol. The topological polar surface area (TPSA) is 138 Å². The summed E-state index contributed by atoms with van der Waals surface area (Å²) in [7, 11) is -4.97. The summed E-state index contributed by atoms with van der Waals surface area (Å²) < 4.78 is 79.9. The minimum Gasteiger partial charge on any atom is -0.497 e. The first-order valence-electron chi connectivity index (χ1n) is 16.8. The average Bonchev–Trinajstić information content (AvgIpc) is 3.79. The van der Waals surface area contributed by atoms with Crippen LogP contribution >= 0.6 is 34.4 Å². The molecule has 5 rings (SSSR count). The summed E-state index contributed by atoms with van der Waals surface area (Å²) in [6.45, 7) is 12.9. The Balaban J connectivity index is 0.000000755. The highest BCUT2D eigenvalue weighted by Crippen LogP contribution is 2.48. The summed E-state index contributed by atoms with van der Waals surface area (Å²) in [5, 5.41) is 4.83. The van der Waals surface area contributed by atoms with Gasteiger partial charge in [0.2, 0.25) is 5.52 Å². The highest BCUT2D eigenvalue weighted by atomic mass is 32.2. The highest BCUT2D eigenvalue weighted by molar-refractivity contribution is 8.03. The first-order valence-corrected chi connectivity index (χ1v) is 22.6. The van der Waals surface area contributed by atoms with Crippen molar-refractivity contribution in [3.63, 3.8) is 0 Å². The summed E-state index contributed by atoms with van der Waals surface area (Å²) in [5.41, 5.74) is 2.91. The minimum absolute atomic E-state index is 0.237. The van der Waals surface area contributed by atoms with Crippen LogP contribution < -0.4 is 18.9 Å². The Morgan fingerprint density at radius 3 is 2.22 bits per heavy atom. The number of hydrogen-bond donors (Lipinski definition) is 2. The van der Waals surface area contributed by atoms with E-state index in [1.165, 1.54) is 19.6 Å². The van der Waals surface area contributed by atoms with E-state index >= 15 is 0 Å². The van der Waals surface area contributed by atoms with Crippen LogP contribution in [0.3, 0.4) is 0 Å². The Morgan fingerprint density at radius 1 is 0.941 bits per heavy atom. The molecule has 1 aliphatic heterocycles. The highest BCUT2D eigenvalue weighted by Gasteiger charge is 2.28. The minimum atomic E-state index is -4.11. The second-order valence-corrected chi connectivity index (χ2v) is 17.9. The molecule has 0 saturated carbocycles. The number of benzene rings is 2. The van der Waals surface area contributed by atoms with Crippen molar-refractivity contribution >= 4 is 86.7 Å². The van der Waals surface area contributed by atoms with Gasteiger partial charge in [-0.25, -0.2) is 0 Å². The number of hydrogen-bond acceptors (Lipinski definition) is 11. The Hall–Kier alpha value is -2.70. The van der Waals surface area contributed by atoms with Crippen LogP contribution in [0.2, 0.25) is 0 Å². The number of anilines is 1. The standard InChI is InChI=1S/C29H32N2O8S5.C6H15N/c1-4-19(15-26-30(10-5-13-43(32,33)34)22-17-20(38-2)7-8-24(22)41-26)16-27-31(11-6-14-44(35,36)37)28-25(42-27)18-23(39-3)21-9-12-40-29(21)28;1-4-7(5-2)6-3/h7-9,12,15-18H,4-6,10-11,13-14H2,1-3H3,(H-,32,33,34,35,36,37);4-6H2,1-3H3/p+1. The Morgan fingerprint density at radius 2 is 1.63 bits per heavy atom. The Kier molecular flexibility index (Phi) is 14.8. The van der Waals surface area contributed by atoms with Crippen molar-refractivity contribution in [2.45, 2.75) is 58.4 Å². The molecule has 0 bridgehead atoms. The lowest BCUT2D eigenvalue weighted by atomic mass is 10.2. The molecule has 0 aliphatic carbocycles. The number of thioether (sulfide) groups is 1. The molecule has 0 saturated heterocycles. The third kappa shape index (κ3) is 10.9. The predicted molar refractivity (Wildman–Crippen MR) is 212 cm³/mol. The molecule has 0 amide bonds. The predicted octanol–water partition coefficient (Wildman–Crippen LogP) is 7.57. The zero-order chi connectivity index (χ0) is 37.3. The van der Waals surface area contributed by atoms with Crippen LogP contribution in [-0.2, 0) is 26.8 Å². The van der Waals surface area contributed by atoms with Crippen LogP contribution in [0.4, 0.5) is 5.69 Å². The van der Waals surface area contributed by atoms with Gasteiger partial charge in [-0.15, -0.1) is 11.3 Å². The smallest absolute Gasteiger partial charge is 0.265 e. The summed E-state index contributed by atoms with van der Waals surface area (Å²) in [6.07, 6.45) is 5.35. The molecule has 4 aromatic rings. The van der Waals surface area contributed by atoms with Crippen molar-refractivity contribution in [2.24, 2.45) is 0 Å². The third-order valence-electron chi connectivity index (χ3n) is 8.48. The van der Waals surface area contributed by atoms with Crippen molar-refractivity contribution < 1.29 is 40.0 Å². The number of rotatable bonds is 16. The van der Waals surface area contributed by atoms with Crippen LogP contribution in [-0.4, -0.2) is 82.7 Å². The van der Waals surface area contributed by atoms with E-state index < -0.39 is 20.2 Å². The molecule has 1 aliphatic rings. The van der Waals surface area contributed by atoms with Gasteiger partial charge in [-0.3, -0.25) is 9.11 Å². The van der Waals surface area contributed by atoms with E-state index in [1.807, 2.05) is 40.6 Å². The number of methoxy groups -OCH3 is 2. The van der Waals surface area contributed by atoms with E-state index in [0.29, 0.717) is 25.3 Å². The number of aryl methyl sites for hydroxylation is 1. The lowest BCUT2D eigenvalue weighted by Crippen LogP contribution is -2.36. The van der Waals surface area contributed by atoms with Gasteiger partial charge in [0.25, 0.3) is 25.2 Å². The second-order valence-electron chi connectivity index (χ2n) is 11.7. The summed E-state index contributed by atoms with van der Waals surface area (Å²) in [4.78, 5) is 5.43. The first kappa shape index (κ1) is 41.1. The van der Waals surface area contributed by atoms with Crippen LogP contribution in [0.1, 0.15) is 52.0 Å². The van der Waals surface area contributed by atoms with Gasteiger partial charge in [-0.2, -0.15) is 21.4 Å². The first-order chi connectivity index (χ1) is 24.2. The molecule has 2 aromatic heterocycles. The van der Waals surface area contributed by atoms with Crippen LogP contribution in [0.15, 0.2) is 57.3 Å². The second kappa shape index (κ2) is 18.4. The molecular weight excluding hydrogens is 751 g/mol. The fourth-order valence-electron chi connectivity index (χ4n) is 5.76. The van der Waals surface area contributed by atoms with Gasteiger partial charge >= 0.3 is 0 Å². The van der Waals surface area contributed by atoms with Gasteiger partial charge in [-0.1, -0.05) is 50.8 Å². The van der Waals surface area contributed by atoms with E-state index in [9.17, 15) is 25.9 Å². The van der Waals surface area contributed by atoms with Crippen molar-refractivity contribution in [3.05, 3.63) is 57.4 Å². The molecule has 0 spiro atoms. The van der Waals surface area contributed by atoms with E-state index in [0.717, 1.165) is 52.2 Å². The Labute approximate surface area is 314 Å². The van der Waals surface area contributed by atoms with Crippen LogP contribution in [0, 0.1) is 0 Å². The van der Waals surface area contributed by atoms with Crippen molar-refractivity contribution in [3.8, 4) is 11.5 Å². The number of thiophene rings is 1. The molecule has 11 nitrogen and oxygen atoms in total. The average molecular weight is 799 g/mol. The molecule has 2 aromatic carbocycles. The number of fused-ring (bicyclic) bond motifs is 4. The van der Waals surface area contributed by atoms with Crippen LogP contribution in [0.25, 0.3) is 26.4 Å². The molecule has 16 heteroatoms. The lowest BCUT2D eigenvalue weighted by molar-refractivity contribution is -0.667. The van der Waals surface area contributed by atoms with E-state index in [1.54, 1.807) is 48.7 Å². The molecule has 2 N–H and O–H groups in total. The zero-order valence-electron chi connectivity index (χ0n) is 29.9. The Bertz CT molecular complexity index is 2080. The molecule has 0 unspecified atom stereocenters. The lowest BCUT2D eigenvalue weighted by Gasteiger charge is -2.21. The molecule has 3 heterocycles. The summed E-state index contributed by atoms with van der Waals surface area (Å²) in [5.74, 6) is 0.766. The van der Waals surface area contributed by atoms with E-state index in [-0.39, 0.29) is 24.3 Å². The third-order valence-corrected chi connectivity index (χ3v) is 13.2. The maximum atomic E-state index is 11.5. The zero-order valence-corrected chi connectivity index (χ0v) is 34.0. The molecule has 0 fully saturated rings. The maximum absolute atomic E-state index is 11.5. The molecule has 51 heavy (non-hydrogen) atoms. The van der Waals surface area contributed by atoms with E-state index in [4.69, 9.17) is 9.47 Å². The van der Waals surface area contributed by atoms with Gasteiger partial charge in [0.15, 0.2) is 6.54 Å². The molecular formula is C35H48N3O8S5+. The van der Waals surface area contributed by atoms with Crippen LogP contribution in [0.5, 0.6) is 11.5 Å². The van der Waals surface area contributed by atoms with E-state index in [2.05, 4.69) is 49.3 Å². The van der Waals surface area contributed by atoms with Gasteiger partial charge < -0.3 is 19.3 Å². The molecule has 0 radical (unpaired) electrons. The van der Waals surface area contributed by atoms with Gasteiger partial charge in [-0.05, 0) is 67.7 Å². The number of ether oxygens (including phenoxy) is 2. The number of aromatic nitrogens is 1. The number of thiazole rings is 1. The molecule has 0 atom stereocenters. The number of nitrogens with zero attached hydrogens (tertiary/aromatic N) is 3. The van der Waals surface area contributed by atoms with Gasteiger partial charge in [0.05, 0.1) is 36.4 Å². The quantitative estimate of drug-likeness (QED) is 0.0858.